The minimum Gasteiger partial charge on any atom is -0.363 e. The summed E-state index contributed by atoms with van der Waals surface area (Å²) in [4.78, 5) is 11.0. The summed E-state index contributed by atoms with van der Waals surface area (Å²) in [7, 11) is 3.92. The SMILES string of the molecule is CC(C)c1nc(N/N=C\C=C\c2ccccc2)cc(N(C)C)n1. The molecule has 0 bridgehead atoms. The molecular weight excluding hydrogens is 286 g/mol. The van der Waals surface area contributed by atoms with Gasteiger partial charge in [0.15, 0.2) is 5.82 Å². The highest BCUT2D eigenvalue weighted by Crippen LogP contribution is 2.18. The molecule has 23 heavy (non-hydrogen) atoms. The maximum atomic E-state index is 4.53. The van der Waals surface area contributed by atoms with E-state index in [-0.39, 0.29) is 5.92 Å². The van der Waals surface area contributed by atoms with E-state index < -0.39 is 0 Å². The molecule has 0 saturated carbocycles. The first-order valence-electron chi connectivity index (χ1n) is 7.63. The van der Waals surface area contributed by atoms with Crippen molar-refractivity contribution in [2.45, 2.75) is 19.8 Å². The van der Waals surface area contributed by atoms with E-state index in [1.165, 1.54) is 0 Å². The van der Waals surface area contributed by atoms with Crippen LogP contribution in [0.1, 0.15) is 31.2 Å². The van der Waals surface area contributed by atoms with Crippen molar-refractivity contribution in [2.75, 3.05) is 24.4 Å². The summed E-state index contributed by atoms with van der Waals surface area (Å²) in [6.07, 6.45) is 5.59. The third-order valence-corrected chi connectivity index (χ3v) is 3.13. The molecule has 1 aromatic heterocycles. The third-order valence-electron chi connectivity index (χ3n) is 3.13. The second-order valence-electron chi connectivity index (χ2n) is 5.68. The first kappa shape index (κ1) is 16.7. The van der Waals surface area contributed by atoms with E-state index >= 15 is 0 Å². The van der Waals surface area contributed by atoms with Crippen LogP contribution >= 0.6 is 0 Å². The lowest BCUT2D eigenvalue weighted by molar-refractivity contribution is 0.771. The summed E-state index contributed by atoms with van der Waals surface area (Å²) in [6, 6.07) is 12.0. The van der Waals surface area contributed by atoms with E-state index in [4.69, 9.17) is 0 Å². The van der Waals surface area contributed by atoms with Crippen LogP contribution in [0.5, 0.6) is 0 Å². The number of hydrogen-bond acceptors (Lipinski definition) is 5. The standard InChI is InChI=1S/C18H23N5/c1-14(2)18-20-16(13-17(21-18)23(3)4)22-19-12-8-11-15-9-6-5-7-10-15/h5-14H,1-4H3,(H,20,21,22)/b11-8+,19-12-. The summed E-state index contributed by atoms with van der Waals surface area (Å²) in [6.45, 7) is 4.15. The summed E-state index contributed by atoms with van der Waals surface area (Å²) in [5.41, 5.74) is 4.10. The molecule has 0 saturated heterocycles. The molecule has 0 aliphatic carbocycles. The molecule has 2 rings (SSSR count). The van der Waals surface area contributed by atoms with Crippen molar-refractivity contribution in [3.05, 3.63) is 53.9 Å². The number of rotatable bonds is 6. The van der Waals surface area contributed by atoms with Gasteiger partial charge in [-0.3, -0.25) is 5.43 Å². The van der Waals surface area contributed by atoms with E-state index in [1.807, 2.05) is 67.5 Å². The molecule has 1 N–H and O–H groups in total. The average molecular weight is 309 g/mol. The van der Waals surface area contributed by atoms with E-state index in [0.717, 1.165) is 17.2 Å². The van der Waals surface area contributed by atoms with Gasteiger partial charge in [-0.25, -0.2) is 9.97 Å². The lowest BCUT2D eigenvalue weighted by atomic mass is 10.2. The molecule has 0 spiro atoms. The van der Waals surface area contributed by atoms with Gasteiger partial charge in [0.05, 0.1) is 0 Å². The zero-order valence-corrected chi connectivity index (χ0v) is 14.1. The van der Waals surface area contributed by atoms with Gasteiger partial charge in [0.1, 0.15) is 11.6 Å². The number of anilines is 2. The topological polar surface area (TPSA) is 53.4 Å². The Morgan fingerprint density at radius 2 is 1.87 bits per heavy atom. The van der Waals surface area contributed by atoms with Crippen LogP contribution in [0, 0.1) is 0 Å². The van der Waals surface area contributed by atoms with Gasteiger partial charge in [-0.2, -0.15) is 5.10 Å². The fourth-order valence-corrected chi connectivity index (χ4v) is 1.86. The molecule has 120 valence electrons. The van der Waals surface area contributed by atoms with E-state index in [9.17, 15) is 0 Å². The predicted molar refractivity (Wildman–Crippen MR) is 98.0 cm³/mol. The van der Waals surface area contributed by atoms with Crippen LogP contribution in [0.25, 0.3) is 6.08 Å². The molecule has 1 heterocycles. The minimum absolute atomic E-state index is 0.261. The molecule has 1 aromatic carbocycles. The largest absolute Gasteiger partial charge is 0.363 e. The van der Waals surface area contributed by atoms with Crippen molar-refractivity contribution in [3.63, 3.8) is 0 Å². The Labute approximate surface area is 137 Å². The monoisotopic (exact) mass is 309 g/mol. The molecule has 0 aliphatic rings. The number of aromatic nitrogens is 2. The highest BCUT2D eigenvalue weighted by molar-refractivity contribution is 5.78. The summed E-state index contributed by atoms with van der Waals surface area (Å²) >= 11 is 0. The molecule has 5 nitrogen and oxygen atoms in total. The van der Waals surface area contributed by atoms with Crippen molar-refractivity contribution in [1.29, 1.82) is 0 Å². The summed E-state index contributed by atoms with van der Waals surface area (Å²) in [5, 5.41) is 4.19. The molecule has 0 atom stereocenters. The fourth-order valence-electron chi connectivity index (χ4n) is 1.86. The Bertz CT molecular complexity index is 649. The summed E-state index contributed by atoms with van der Waals surface area (Å²) < 4.78 is 0. The number of nitrogens with zero attached hydrogens (tertiary/aromatic N) is 4. The molecule has 0 unspecified atom stereocenters. The molecule has 5 heteroatoms. The first-order valence-corrected chi connectivity index (χ1v) is 7.63. The van der Waals surface area contributed by atoms with Crippen molar-refractivity contribution < 1.29 is 0 Å². The number of allylic oxidation sites excluding steroid dienone is 1. The first-order chi connectivity index (χ1) is 11.1. The molecular formula is C18H23N5. The Hall–Kier alpha value is -2.69. The van der Waals surface area contributed by atoms with Crippen molar-refractivity contribution in [3.8, 4) is 0 Å². The number of hydrogen-bond donors (Lipinski definition) is 1. The van der Waals surface area contributed by atoms with Gasteiger partial charge in [-0.05, 0) is 11.6 Å². The zero-order valence-electron chi connectivity index (χ0n) is 14.1. The second kappa shape index (κ2) is 8.08. The lowest BCUT2D eigenvalue weighted by Gasteiger charge is -2.15. The molecule has 0 amide bonds. The molecule has 0 aliphatic heterocycles. The van der Waals surface area contributed by atoms with E-state index in [0.29, 0.717) is 5.82 Å². The fraction of sp³-hybridized carbons (Fsp3) is 0.278. The minimum atomic E-state index is 0.261. The Morgan fingerprint density at radius 3 is 2.52 bits per heavy atom. The molecule has 2 aromatic rings. The van der Waals surface area contributed by atoms with Gasteiger partial charge >= 0.3 is 0 Å². The van der Waals surface area contributed by atoms with Gasteiger partial charge in [0, 0.05) is 32.3 Å². The van der Waals surface area contributed by atoms with Crippen molar-refractivity contribution in [1.82, 2.24) is 9.97 Å². The van der Waals surface area contributed by atoms with Crippen LogP contribution in [0.4, 0.5) is 11.6 Å². The van der Waals surface area contributed by atoms with Gasteiger partial charge < -0.3 is 4.90 Å². The predicted octanol–water partition coefficient (Wildman–Crippen LogP) is 3.78. The van der Waals surface area contributed by atoms with Gasteiger partial charge in [-0.15, -0.1) is 0 Å². The van der Waals surface area contributed by atoms with Gasteiger partial charge in [-0.1, -0.05) is 50.3 Å². The van der Waals surface area contributed by atoms with Crippen LogP contribution in [0.2, 0.25) is 0 Å². The normalized spacial score (nSPS) is 11.5. The van der Waals surface area contributed by atoms with E-state index in [2.05, 4.69) is 34.3 Å². The molecule has 0 radical (unpaired) electrons. The summed E-state index contributed by atoms with van der Waals surface area (Å²) in [5.74, 6) is 2.61. The van der Waals surface area contributed by atoms with E-state index in [1.54, 1.807) is 6.21 Å². The van der Waals surface area contributed by atoms with Crippen LogP contribution in [-0.4, -0.2) is 30.3 Å². The van der Waals surface area contributed by atoms with Crippen molar-refractivity contribution >= 4 is 23.9 Å². The maximum absolute atomic E-state index is 4.53. The highest BCUT2D eigenvalue weighted by Gasteiger charge is 2.08. The van der Waals surface area contributed by atoms with Crippen molar-refractivity contribution in [2.24, 2.45) is 5.10 Å². The quantitative estimate of drug-likeness (QED) is 0.652. The number of hydrazone groups is 1. The Balaban J connectivity index is 2.04. The van der Waals surface area contributed by atoms with Gasteiger partial charge in [0.2, 0.25) is 0 Å². The average Bonchev–Trinajstić information content (AvgIpc) is 2.55. The maximum Gasteiger partial charge on any atom is 0.152 e. The Kier molecular flexibility index (Phi) is 5.86. The highest BCUT2D eigenvalue weighted by atomic mass is 15.3. The lowest BCUT2D eigenvalue weighted by Crippen LogP contribution is -2.13. The van der Waals surface area contributed by atoms with Crippen LogP contribution in [0.15, 0.2) is 47.6 Å². The Morgan fingerprint density at radius 1 is 1.13 bits per heavy atom. The third kappa shape index (κ3) is 5.21. The number of nitrogens with one attached hydrogen (secondary N) is 1. The van der Waals surface area contributed by atoms with Crippen LogP contribution in [-0.2, 0) is 0 Å². The number of benzene rings is 1. The van der Waals surface area contributed by atoms with Crippen LogP contribution < -0.4 is 10.3 Å². The smallest absolute Gasteiger partial charge is 0.152 e. The van der Waals surface area contributed by atoms with Gasteiger partial charge in [0.25, 0.3) is 0 Å². The molecule has 0 fully saturated rings. The second-order valence-corrected chi connectivity index (χ2v) is 5.68. The zero-order chi connectivity index (χ0) is 16.7. The van der Waals surface area contributed by atoms with Crippen LogP contribution in [0.3, 0.4) is 0 Å².